The molecule has 0 saturated heterocycles. The summed E-state index contributed by atoms with van der Waals surface area (Å²) in [5.74, 6) is 1.40. The normalized spacial score (nSPS) is 32.4. The molecule has 1 aromatic rings. The van der Waals surface area contributed by atoms with Gasteiger partial charge in [0, 0.05) is 23.7 Å². The van der Waals surface area contributed by atoms with Crippen LogP contribution in [0.15, 0.2) is 18.3 Å². The number of carbonyl (C=O) groups excluding carboxylic acids is 2. The Balaban J connectivity index is 1.38. The van der Waals surface area contributed by atoms with Crippen LogP contribution >= 0.6 is 0 Å². The number of ether oxygens (including phenoxy) is 1. The van der Waals surface area contributed by atoms with Crippen molar-refractivity contribution in [2.24, 2.45) is 34.3 Å². The highest BCUT2D eigenvalue weighted by atomic mass is 16.5. The Morgan fingerprint density at radius 2 is 2.00 bits per heavy atom. The van der Waals surface area contributed by atoms with Crippen molar-refractivity contribution < 1.29 is 14.3 Å². The molecule has 29 heavy (non-hydrogen) atoms. The van der Waals surface area contributed by atoms with Gasteiger partial charge in [0.15, 0.2) is 0 Å². The lowest BCUT2D eigenvalue weighted by Crippen LogP contribution is -2.63. The van der Waals surface area contributed by atoms with Crippen molar-refractivity contribution in [3.05, 3.63) is 23.9 Å². The van der Waals surface area contributed by atoms with E-state index in [2.05, 4.69) is 10.3 Å². The third-order valence-corrected chi connectivity index (χ3v) is 7.15. The van der Waals surface area contributed by atoms with Gasteiger partial charge in [-0.1, -0.05) is 0 Å². The highest BCUT2D eigenvalue weighted by molar-refractivity contribution is 5.83. The van der Waals surface area contributed by atoms with E-state index in [0.717, 1.165) is 32.1 Å². The first-order valence-corrected chi connectivity index (χ1v) is 10.3. The first-order chi connectivity index (χ1) is 13.7. The molecule has 4 aliphatic carbocycles. The van der Waals surface area contributed by atoms with Crippen LogP contribution in [0.1, 0.15) is 51.5 Å². The van der Waals surface area contributed by atoms with Crippen LogP contribution in [0.5, 0.6) is 5.88 Å². The number of nitrogens with two attached hydrogens (primary N) is 1. The molecule has 5 atom stereocenters. The SMILES string of the molecule is CC(C)(COc1ccc(C#N)cn1)C(=O)NC1[C@@H]2CC3C[C@H]1CC(C(N)=O)(C3)C2. The second-order valence-electron chi connectivity index (χ2n) is 9.78. The van der Waals surface area contributed by atoms with Crippen LogP contribution in [0.4, 0.5) is 0 Å². The Morgan fingerprint density at radius 3 is 2.55 bits per heavy atom. The van der Waals surface area contributed by atoms with Crippen LogP contribution in [-0.4, -0.2) is 29.4 Å². The van der Waals surface area contributed by atoms with Gasteiger partial charge in [-0.3, -0.25) is 9.59 Å². The smallest absolute Gasteiger partial charge is 0.229 e. The van der Waals surface area contributed by atoms with Crippen molar-refractivity contribution >= 4 is 11.8 Å². The number of primary amides is 1. The number of nitriles is 1. The van der Waals surface area contributed by atoms with Crippen LogP contribution in [0.3, 0.4) is 0 Å². The van der Waals surface area contributed by atoms with Gasteiger partial charge in [0.2, 0.25) is 17.7 Å². The van der Waals surface area contributed by atoms with E-state index in [1.807, 2.05) is 19.9 Å². The molecule has 0 spiro atoms. The number of nitrogens with one attached hydrogen (secondary N) is 1. The number of nitrogens with zero attached hydrogens (tertiary/aromatic N) is 2. The average Bonchev–Trinajstić information content (AvgIpc) is 2.68. The lowest BCUT2D eigenvalue weighted by Gasteiger charge is -2.59. The maximum atomic E-state index is 13.0. The summed E-state index contributed by atoms with van der Waals surface area (Å²) in [4.78, 5) is 29.2. The largest absolute Gasteiger partial charge is 0.477 e. The molecular formula is C22H28N4O3. The van der Waals surface area contributed by atoms with E-state index in [1.165, 1.54) is 6.20 Å². The first kappa shape index (κ1) is 19.7. The summed E-state index contributed by atoms with van der Waals surface area (Å²) >= 11 is 0. The predicted octanol–water partition coefficient (Wildman–Crippen LogP) is 2.15. The third kappa shape index (κ3) is 3.57. The molecule has 0 aliphatic heterocycles. The number of aromatic nitrogens is 1. The molecule has 0 radical (unpaired) electrons. The number of hydrogen-bond donors (Lipinski definition) is 2. The summed E-state index contributed by atoms with van der Waals surface area (Å²) in [5, 5.41) is 12.1. The topological polar surface area (TPSA) is 118 Å². The molecule has 2 amide bonds. The number of pyridine rings is 1. The summed E-state index contributed by atoms with van der Waals surface area (Å²) in [5.41, 5.74) is 5.14. The van der Waals surface area contributed by atoms with E-state index < -0.39 is 5.41 Å². The maximum absolute atomic E-state index is 13.0. The van der Waals surface area contributed by atoms with Crippen LogP contribution in [0, 0.1) is 39.9 Å². The summed E-state index contributed by atoms with van der Waals surface area (Å²) in [6.45, 7) is 3.90. The van der Waals surface area contributed by atoms with Gasteiger partial charge in [0.1, 0.15) is 12.7 Å². The van der Waals surface area contributed by atoms with Crippen molar-refractivity contribution in [2.45, 2.75) is 52.0 Å². The van der Waals surface area contributed by atoms with Gasteiger partial charge in [0.25, 0.3) is 0 Å². The zero-order chi connectivity index (χ0) is 20.8. The number of carbonyl (C=O) groups is 2. The number of rotatable bonds is 6. The molecule has 4 saturated carbocycles. The summed E-state index contributed by atoms with van der Waals surface area (Å²) in [7, 11) is 0. The Hall–Kier alpha value is -2.62. The molecule has 4 fully saturated rings. The van der Waals surface area contributed by atoms with E-state index in [-0.39, 0.29) is 29.9 Å². The quantitative estimate of drug-likeness (QED) is 0.764. The minimum atomic E-state index is -0.731. The second-order valence-corrected chi connectivity index (χ2v) is 9.78. The van der Waals surface area contributed by atoms with Gasteiger partial charge in [-0.15, -0.1) is 0 Å². The van der Waals surface area contributed by atoms with E-state index in [1.54, 1.807) is 12.1 Å². The Kier molecular flexibility index (Phi) is 4.76. The van der Waals surface area contributed by atoms with Crippen LogP contribution in [0.2, 0.25) is 0 Å². The van der Waals surface area contributed by atoms with Gasteiger partial charge >= 0.3 is 0 Å². The standard InChI is InChI=1S/C22H28N4O3/c1-21(2,12-29-17-4-3-13(10-23)11-25-17)20(28)26-18-15-5-14-6-16(18)9-22(7-14,8-15)19(24)27/h3-4,11,14-16,18H,5-9,12H2,1-2H3,(H2,24,27)(H,26,28)/t14?,15-,16+,18?,22?. The zero-order valence-electron chi connectivity index (χ0n) is 17.0. The average molecular weight is 396 g/mol. The first-order valence-electron chi connectivity index (χ1n) is 10.3. The van der Waals surface area contributed by atoms with Crippen LogP contribution in [0.25, 0.3) is 0 Å². The van der Waals surface area contributed by atoms with E-state index >= 15 is 0 Å². The molecular weight excluding hydrogens is 368 g/mol. The fourth-order valence-corrected chi connectivity index (χ4v) is 5.76. The van der Waals surface area contributed by atoms with E-state index in [4.69, 9.17) is 15.7 Å². The van der Waals surface area contributed by atoms with Crippen molar-refractivity contribution in [3.63, 3.8) is 0 Å². The van der Waals surface area contributed by atoms with E-state index in [0.29, 0.717) is 29.2 Å². The maximum Gasteiger partial charge on any atom is 0.229 e. The number of hydrogen-bond acceptors (Lipinski definition) is 5. The van der Waals surface area contributed by atoms with Gasteiger partial charge in [-0.2, -0.15) is 5.26 Å². The minimum absolute atomic E-state index is 0.0447. The molecule has 3 unspecified atom stereocenters. The Bertz CT molecular complexity index is 842. The van der Waals surface area contributed by atoms with Crippen LogP contribution in [-0.2, 0) is 9.59 Å². The molecule has 5 rings (SSSR count). The molecule has 7 heteroatoms. The lowest BCUT2D eigenvalue weighted by molar-refractivity contribution is -0.149. The van der Waals surface area contributed by atoms with Gasteiger partial charge in [-0.25, -0.2) is 4.98 Å². The molecule has 4 aliphatic rings. The Morgan fingerprint density at radius 1 is 1.31 bits per heavy atom. The minimum Gasteiger partial charge on any atom is -0.477 e. The molecule has 3 N–H and O–H groups in total. The van der Waals surface area contributed by atoms with Gasteiger partial charge < -0.3 is 15.8 Å². The highest BCUT2D eigenvalue weighted by Gasteiger charge is 2.58. The summed E-state index contributed by atoms with van der Waals surface area (Å²) in [6.07, 6.45) is 6.11. The number of amides is 2. The molecule has 0 aromatic carbocycles. The highest BCUT2D eigenvalue weighted by Crippen LogP contribution is 2.60. The molecule has 4 bridgehead atoms. The van der Waals surface area contributed by atoms with Crippen molar-refractivity contribution in [2.75, 3.05) is 6.61 Å². The fourth-order valence-electron chi connectivity index (χ4n) is 5.76. The summed E-state index contributed by atoms with van der Waals surface area (Å²) < 4.78 is 5.70. The van der Waals surface area contributed by atoms with Crippen molar-refractivity contribution in [3.8, 4) is 11.9 Å². The molecule has 1 heterocycles. The van der Waals surface area contributed by atoms with Gasteiger partial charge in [-0.05, 0) is 69.8 Å². The Labute approximate surface area is 171 Å². The zero-order valence-corrected chi connectivity index (χ0v) is 17.0. The fraction of sp³-hybridized carbons (Fsp3) is 0.636. The summed E-state index contributed by atoms with van der Waals surface area (Å²) in [6, 6.07) is 5.39. The third-order valence-electron chi connectivity index (χ3n) is 7.15. The molecule has 1 aromatic heterocycles. The monoisotopic (exact) mass is 396 g/mol. The van der Waals surface area contributed by atoms with Crippen molar-refractivity contribution in [1.29, 1.82) is 5.26 Å². The molecule has 154 valence electrons. The van der Waals surface area contributed by atoms with E-state index in [9.17, 15) is 9.59 Å². The predicted molar refractivity (Wildman–Crippen MR) is 105 cm³/mol. The molecule has 7 nitrogen and oxygen atoms in total. The van der Waals surface area contributed by atoms with Crippen LogP contribution < -0.4 is 15.8 Å². The van der Waals surface area contributed by atoms with Crippen molar-refractivity contribution in [1.82, 2.24) is 10.3 Å². The lowest BCUT2D eigenvalue weighted by atomic mass is 9.47. The second kappa shape index (κ2) is 7.01. The van der Waals surface area contributed by atoms with Gasteiger partial charge in [0.05, 0.1) is 11.0 Å².